The summed E-state index contributed by atoms with van der Waals surface area (Å²) in [6.45, 7) is 9.25. The Hall–Kier alpha value is -3.13. The Morgan fingerprint density at radius 2 is 1.88 bits per heavy atom. The number of carbonyl (C=O) groups excluding carboxylic acids is 2. The van der Waals surface area contributed by atoms with Crippen molar-refractivity contribution >= 4 is 22.9 Å². The van der Waals surface area contributed by atoms with Crippen LogP contribution in [-0.4, -0.2) is 40.5 Å². The molecule has 172 valence electrons. The minimum atomic E-state index is -2.08. The lowest BCUT2D eigenvalue weighted by Gasteiger charge is -2.35. The highest BCUT2D eigenvalue weighted by Crippen LogP contribution is 2.39. The number of benzene rings is 1. The lowest BCUT2D eigenvalue weighted by Crippen LogP contribution is -2.53. The summed E-state index contributed by atoms with van der Waals surface area (Å²) < 4.78 is 22.2. The zero-order valence-corrected chi connectivity index (χ0v) is 19.1. The average molecular weight is 444 g/mol. The number of hydrogen-bond donors (Lipinski definition) is 1. The van der Waals surface area contributed by atoms with Gasteiger partial charge in [0.2, 0.25) is 0 Å². The molecule has 8 heteroatoms. The number of allylic oxidation sites excluding steroid dienone is 1. The number of aliphatic hydroxyl groups is 1. The van der Waals surface area contributed by atoms with E-state index in [1.165, 1.54) is 19.9 Å². The van der Waals surface area contributed by atoms with Crippen LogP contribution in [0.1, 0.15) is 47.1 Å². The number of carbonyl (C=O) groups is 2. The van der Waals surface area contributed by atoms with E-state index >= 15 is 0 Å². The average Bonchev–Trinajstić information content (AvgIpc) is 3.18. The van der Waals surface area contributed by atoms with Crippen LogP contribution in [0.5, 0.6) is 5.75 Å². The Kier molecular flexibility index (Phi) is 6.20. The first-order valence-electron chi connectivity index (χ1n) is 10.4. The van der Waals surface area contributed by atoms with Crippen molar-refractivity contribution in [3.8, 4) is 5.75 Å². The first-order valence-corrected chi connectivity index (χ1v) is 10.4. The van der Waals surface area contributed by atoms with Crippen molar-refractivity contribution in [3.63, 3.8) is 0 Å². The van der Waals surface area contributed by atoms with Crippen molar-refractivity contribution in [1.29, 1.82) is 0 Å². The molecule has 0 amide bonds. The smallest absolute Gasteiger partial charge is 0.342 e. The fraction of sp³-hybridized carbons (Fsp3) is 0.458. The highest BCUT2D eigenvalue weighted by molar-refractivity contribution is 5.88. The lowest BCUT2D eigenvalue weighted by molar-refractivity contribution is -0.197. The summed E-state index contributed by atoms with van der Waals surface area (Å²) in [4.78, 5) is 36.5. The highest BCUT2D eigenvalue weighted by atomic mass is 16.6. The predicted molar refractivity (Wildman–Crippen MR) is 116 cm³/mol. The second-order valence-corrected chi connectivity index (χ2v) is 8.69. The molecule has 0 unspecified atom stereocenters. The van der Waals surface area contributed by atoms with Gasteiger partial charge < -0.3 is 23.7 Å². The Bertz CT molecular complexity index is 1140. The zero-order valence-electron chi connectivity index (χ0n) is 19.1. The molecule has 3 atom stereocenters. The van der Waals surface area contributed by atoms with Gasteiger partial charge in [0.05, 0.1) is 0 Å². The molecule has 8 nitrogen and oxygen atoms in total. The first-order chi connectivity index (χ1) is 14.9. The van der Waals surface area contributed by atoms with Crippen LogP contribution in [-0.2, 0) is 25.5 Å². The molecule has 2 heterocycles. The molecule has 0 aliphatic carbocycles. The van der Waals surface area contributed by atoms with Crippen LogP contribution in [0.15, 0.2) is 45.1 Å². The van der Waals surface area contributed by atoms with Crippen LogP contribution < -0.4 is 10.4 Å². The molecule has 3 rings (SSSR count). The second-order valence-electron chi connectivity index (χ2n) is 8.69. The summed E-state index contributed by atoms with van der Waals surface area (Å²) in [5.41, 5.74) is -2.18. The van der Waals surface area contributed by atoms with Gasteiger partial charge in [0.15, 0.2) is 5.60 Å². The fourth-order valence-electron chi connectivity index (χ4n) is 3.30. The number of ether oxygens (including phenoxy) is 3. The number of hydrogen-bond acceptors (Lipinski definition) is 8. The Labute approximate surface area is 185 Å². The van der Waals surface area contributed by atoms with Crippen molar-refractivity contribution in [2.24, 2.45) is 0 Å². The summed E-state index contributed by atoms with van der Waals surface area (Å²) in [5.74, 6) is -1.04. The van der Waals surface area contributed by atoms with Crippen LogP contribution >= 0.6 is 0 Å². The Balaban J connectivity index is 1.76. The molecule has 1 aliphatic rings. The molecule has 1 aliphatic heterocycles. The van der Waals surface area contributed by atoms with Crippen LogP contribution in [0.25, 0.3) is 11.0 Å². The third-order valence-corrected chi connectivity index (χ3v) is 5.88. The van der Waals surface area contributed by atoms with Crippen LogP contribution in [0.3, 0.4) is 0 Å². The Morgan fingerprint density at radius 1 is 1.22 bits per heavy atom. The molecule has 0 radical (unpaired) electrons. The predicted octanol–water partition coefficient (Wildman–Crippen LogP) is 3.07. The van der Waals surface area contributed by atoms with Crippen molar-refractivity contribution in [3.05, 3.63) is 51.9 Å². The summed E-state index contributed by atoms with van der Waals surface area (Å²) in [6, 6.07) is 6.58. The van der Waals surface area contributed by atoms with Gasteiger partial charge >= 0.3 is 17.6 Å². The van der Waals surface area contributed by atoms with Gasteiger partial charge in [0.1, 0.15) is 29.1 Å². The van der Waals surface area contributed by atoms with E-state index in [0.29, 0.717) is 28.9 Å². The van der Waals surface area contributed by atoms with Gasteiger partial charge in [0, 0.05) is 29.0 Å². The van der Waals surface area contributed by atoms with Crippen LogP contribution in [0, 0.1) is 0 Å². The van der Waals surface area contributed by atoms with E-state index in [0.717, 1.165) is 5.39 Å². The molecule has 2 aromatic rings. The number of esters is 2. The molecule has 1 N–H and O–H groups in total. The standard InChI is InChI=1S/C24H28O8/c1-7-13(2)21(26)29-14(3)24(6,28)22(27)32-23(4,5)18-12-16-17(30-18)10-8-15-9-11-19(25)31-20(15)16/h7-11,14,18,28H,12H2,1-6H3/b13-7+/t14-,18+,24+/m1/s1. The van der Waals surface area contributed by atoms with Crippen molar-refractivity contribution in [2.75, 3.05) is 0 Å². The molecular weight excluding hydrogens is 416 g/mol. The first kappa shape index (κ1) is 23.5. The van der Waals surface area contributed by atoms with Crippen LogP contribution in [0.4, 0.5) is 0 Å². The maximum absolute atomic E-state index is 12.8. The molecule has 0 fully saturated rings. The van der Waals surface area contributed by atoms with E-state index in [9.17, 15) is 19.5 Å². The third-order valence-electron chi connectivity index (χ3n) is 5.88. The van der Waals surface area contributed by atoms with Gasteiger partial charge in [-0.1, -0.05) is 6.08 Å². The maximum atomic E-state index is 12.8. The maximum Gasteiger partial charge on any atom is 0.342 e. The SMILES string of the molecule is C/C=C(\C)C(=O)O[C@H](C)[C@](C)(O)C(=O)OC(C)(C)[C@@H]1Cc2c(ccc3ccc(=O)oc23)O1. The number of fused-ring (bicyclic) bond motifs is 3. The minimum absolute atomic E-state index is 0.340. The fourth-order valence-corrected chi connectivity index (χ4v) is 3.30. The summed E-state index contributed by atoms with van der Waals surface area (Å²) in [5, 5.41) is 11.5. The summed E-state index contributed by atoms with van der Waals surface area (Å²) >= 11 is 0. The topological polar surface area (TPSA) is 112 Å². The normalized spacial score (nSPS) is 19.0. The molecule has 1 aromatic carbocycles. The molecular formula is C24H28O8. The Morgan fingerprint density at radius 3 is 2.53 bits per heavy atom. The van der Waals surface area contributed by atoms with Gasteiger partial charge in [0.25, 0.3) is 0 Å². The third kappa shape index (κ3) is 4.41. The molecule has 1 aromatic heterocycles. The number of rotatable bonds is 6. The molecule has 0 saturated carbocycles. The van der Waals surface area contributed by atoms with Gasteiger partial charge in [-0.05, 0) is 59.7 Å². The van der Waals surface area contributed by atoms with Crippen LogP contribution in [0.2, 0.25) is 0 Å². The summed E-state index contributed by atoms with van der Waals surface area (Å²) in [6.07, 6.45) is 0.184. The molecule has 0 bridgehead atoms. The molecule has 0 spiro atoms. The van der Waals surface area contributed by atoms with Gasteiger partial charge in [-0.2, -0.15) is 0 Å². The monoisotopic (exact) mass is 444 g/mol. The zero-order chi connectivity index (χ0) is 23.8. The van der Waals surface area contributed by atoms with Gasteiger partial charge in [-0.3, -0.25) is 0 Å². The largest absolute Gasteiger partial charge is 0.485 e. The van der Waals surface area contributed by atoms with E-state index in [1.807, 2.05) is 0 Å². The summed E-state index contributed by atoms with van der Waals surface area (Å²) in [7, 11) is 0. The van der Waals surface area contributed by atoms with E-state index in [1.54, 1.807) is 52.0 Å². The van der Waals surface area contributed by atoms with Crippen molar-refractivity contribution in [1.82, 2.24) is 0 Å². The lowest BCUT2D eigenvalue weighted by atomic mass is 9.94. The molecule has 0 saturated heterocycles. The van der Waals surface area contributed by atoms with E-state index in [-0.39, 0.29) is 0 Å². The second kappa shape index (κ2) is 8.43. The van der Waals surface area contributed by atoms with E-state index in [4.69, 9.17) is 18.6 Å². The van der Waals surface area contributed by atoms with Gasteiger partial charge in [-0.25, -0.2) is 14.4 Å². The van der Waals surface area contributed by atoms with Gasteiger partial charge in [-0.15, -0.1) is 0 Å². The quantitative estimate of drug-likeness (QED) is 0.411. The highest BCUT2D eigenvalue weighted by Gasteiger charge is 2.47. The van der Waals surface area contributed by atoms with Crippen molar-refractivity contribution in [2.45, 2.75) is 71.4 Å². The molecule has 32 heavy (non-hydrogen) atoms. The van der Waals surface area contributed by atoms with E-state index in [2.05, 4.69) is 0 Å². The van der Waals surface area contributed by atoms with E-state index < -0.39 is 41.0 Å². The van der Waals surface area contributed by atoms with Crippen molar-refractivity contribution < 1.29 is 33.3 Å². The minimum Gasteiger partial charge on any atom is -0.485 e.